The second kappa shape index (κ2) is 5.31. The Bertz CT molecular complexity index is 541. The molecule has 2 atom stereocenters. The van der Waals surface area contributed by atoms with Crippen molar-refractivity contribution in [3.63, 3.8) is 0 Å². The lowest BCUT2D eigenvalue weighted by molar-refractivity contribution is -0.0174. The molecule has 0 unspecified atom stereocenters. The van der Waals surface area contributed by atoms with Crippen LogP contribution in [0.5, 0.6) is 0 Å². The fraction of sp³-hybridized carbons (Fsp3) is 0.400. The van der Waals surface area contributed by atoms with E-state index in [4.69, 9.17) is 4.74 Å². The van der Waals surface area contributed by atoms with Gasteiger partial charge in [0.05, 0.1) is 6.10 Å². The van der Waals surface area contributed by atoms with E-state index in [2.05, 4.69) is 45.8 Å². The predicted molar refractivity (Wildman–Crippen MR) is 78.8 cm³/mol. The highest BCUT2D eigenvalue weighted by Gasteiger charge is 2.27. The zero-order valence-corrected chi connectivity index (χ0v) is 12.1. The van der Waals surface area contributed by atoms with Gasteiger partial charge in [-0.3, -0.25) is 0 Å². The number of hydrogen-bond donors (Lipinski definition) is 0. The van der Waals surface area contributed by atoms with E-state index < -0.39 is 0 Å². The van der Waals surface area contributed by atoms with E-state index in [0.29, 0.717) is 0 Å². The Balaban J connectivity index is 1.83. The first kappa shape index (κ1) is 12.6. The van der Waals surface area contributed by atoms with Gasteiger partial charge in [0.15, 0.2) is 0 Å². The highest BCUT2D eigenvalue weighted by molar-refractivity contribution is 7.07. The second-order valence-electron chi connectivity index (χ2n) is 5.03. The average molecular weight is 274 g/mol. The van der Waals surface area contributed by atoms with Crippen LogP contribution in [0, 0.1) is 6.92 Å². The van der Waals surface area contributed by atoms with E-state index in [9.17, 15) is 0 Å². The maximum Gasteiger partial charge on any atom is 0.128 e. The Hall–Kier alpha value is -1.39. The van der Waals surface area contributed by atoms with E-state index in [1.165, 1.54) is 5.56 Å². The zero-order valence-electron chi connectivity index (χ0n) is 11.2. The number of hydrogen-bond acceptors (Lipinski definition) is 4. The lowest BCUT2D eigenvalue weighted by Crippen LogP contribution is -2.43. The standard InChI is InChI=1S/C15H18N2OS/c1-11-4-3-5-15(16-11)17-8-12(2)18-14(9-17)13-6-7-19-10-13/h3-7,10,12,14H,8-9H2,1-2H3/t12-,14-/m0/s1. The minimum atomic E-state index is 0.150. The highest BCUT2D eigenvalue weighted by atomic mass is 32.1. The molecule has 0 aliphatic carbocycles. The van der Waals surface area contributed by atoms with Crippen LogP contribution in [0.2, 0.25) is 0 Å². The molecule has 3 nitrogen and oxygen atoms in total. The van der Waals surface area contributed by atoms with E-state index >= 15 is 0 Å². The van der Waals surface area contributed by atoms with Gasteiger partial charge in [0.25, 0.3) is 0 Å². The number of morpholine rings is 1. The summed E-state index contributed by atoms with van der Waals surface area (Å²) >= 11 is 1.72. The molecule has 1 aliphatic heterocycles. The van der Waals surface area contributed by atoms with Crippen molar-refractivity contribution in [2.24, 2.45) is 0 Å². The van der Waals surface area contributed by atoms with Gasteiger partial charge in [0.1, 0.15) is 11.9 Å². The maximum absolute atomic E-state index is 6.05. The van der Waals surface area contributed by atoms with Crippen LogP contribution < -0.4 is 4.90 Å². The van der Waals surface area contributed by atoms with E-state index in [-0.39, 0.29) is 12.2 Å². The maximum atomic E-state index is 6.05. The van der Waals surface area contributed by atoms with Crippen molar-refractivity contribution < 1.29 is 4.74 Å². The number of ether oxygens (including phenoxy) is 1. The summed E-state index contributed by atoms with van der Waals surface area (Å²) in [5, 5.41) is 4.28. The number of pyridine rings is 1. The van der Waals surface area contributed by atoms with Crippen LogP contribution in [0.3, 0.4) is 0 Å². The summed E-state index contributed by atoms with van der Waals surface area (Å²) in [6, 6.07) is 8.33. The van der Waals surface area contributed by atoms with Gasteiger partial charge in [-0.2, -0.15) is 11.3 Å². The fourth-order valence-electron chi connectivity index (χ4n) is 2.49. The van der Waals surface area contributed by atoms with Gasteiger partial charge >= 0.3 is 0 Å². The summed E-state index contributed by atoms with van der Waals surface area (Å²) in [4.78, 5) is 6.94. The molecule has 0 amide bonds. The first-order chi connectivity index (χ1) is 9.22. The molecule has 0 N–H and O–H groups in total. The number of anilines is 1. The third-order valence-corrected chi connectivity index (χ3v) is 4.07. The summed E-state index contributed by atoms with van der Waals surface area (Å²) < 4.78 is 6.05. The average Bonchev–Trinajstić information content (AvgIpc) is 2.92. The lowest BCUT2D eigenvalue weighted by Gasteiger charge is -2.37. The number of nitrogens with zero attached hydrogens (tertiary/aromatic N) is 2. The summed E-state index contributed by atoms with van der Waals surface area (Å²) in [6.07, 6.45) is 0.373. The smallest absolute Gasteiger partial charge is 0.128 e. The third kappa shape index (κ3) is 2.80. The molecule has 0 radical (unpaired) electrons. The SMILES string of the molecule is Cc1cccc(N2C[C@@H](c3ccsc3)O[C@@H](C)C2)n1. The van der Waals surface area contributed by atoms with Crippen molar-refractivity contribution in [2.45, 2.75) is 26.1 Å². The Morgan fingerprint density at radius 1 is 1.32 bits per heavy atom. The first-order valence-corrected chi connectivity index (χ1v) is 7.53. The summed E-state index contributed by atoms with van der Waals surface area (Å²) in [6.45, 7) is 5.93. The minimum absolute atomic E-state index is 0.150. The van der Waals surface area contributed by atoms with Crippen LogP contribution in [0.25, 0.3) is 0 Å². The molecule has 0 bridgehead atoms. The molecular formula is C15H18N2OS. The summed E-state index contributed by atoms with van der Waals surface area (Å²) in [7, 11) is 0. The molecule has 1 saturated heterocycles. The fourth-order valence-corrected chi connectivity index (χ4v) is 3.19. The van der Waals surface area contributed by atoms with Crippen molar-refractivity contribution >= 4 is 17.2 Å². The van der Waals surface area contributed by atoms with Crippen molar-refractivity contribution in [3.8, 4) is 0 Å². The zero-order chi connectivity index (χ0) is 13.2. The van der Waals surface area contributed by atoms with Crippen molar-refractivity contribution in [3.05, 3.63) is 46.3 Å². The molecule has 1 fully saturated rings. The second-order valence-corrected chi connectivity index (χ2v) is 5.81. The van der Waals surface area contributed by atoms with Gasteiger partial charge < -0.3 is 9.64 Å². The van der Waals surface area contributed by atoms with Crippen LogP contribution in [-0.2, 0) is 4.74 Å². The Morgan fingerprint density at radius 2 is 2.21 bits per heavy atom. The number of rotatable bonds is 2. The lowest BCUT2D eigenvalue weighted by atomic mass is 10.1. The summed E-state index contributed by atoms with van der Waals surface area (Å²) in [5.41, 5.74) is 2.33. The van der Waals surface area contributed by atoms with Gasteiger partial charge in [-0.1, -0.05) is 6.07 Å². The van der Waals surface area contributed by atoms with Crippen LogP contribution in [0.4, 0.5) is 5.82 Å². The molecule has 0 spiro atoms. The van der Waals surface area contributed by atoms with E-state index in [0.717, 1.165) is 24.6 Å². The molecule has 2 aromatic heterocycles. The quantitative estimate of drug-likeness (QED) is 0.839. The highest BCUT2D eigenvalue weighted by Crippen LogP contribution is 2.29. The Morgan fingerprint density at radius 3 is 2.95 bits per heavy atom. The Kier molecular flexibility index (Phi) is 3.53. The van der Waals surface area contributed by atoms with Crippen molar-refractivity contribution in [1.29, 1.82) is 0 Å². The van der Waals surface area contributed by atoms with Gasteiger partial charge in [0.2, 0.25) is 0 Å². The molecule has 3 heterocycles. The first-order valence-electron chi connectivity index (χ1n) is 6.58. The van der Waals surface area contributed by atoms with Crippen LogP contribution in [0.15, 0.2) is 35.0 Å². The molecule has 1 aliphatic rings. The molecule has 3 rings (SSSR count). The number of aromatic nitrogens is 1. The van der Waals surface area contributed by atoms with E-state index in [1.54, 1.807) is 11.3 Å². The molecule has 0 saturated carbocycles. The van der Waals surface area contributed by atoms with Crippen molar-refractivity contribution in [1.82, 2.24) is 4.98 Å². The van der Waals surface area contributed by atoms with Gasteiger partial charge in [-0.25, -0.2) is 4.98 Å². The van der Waals surface area contributed by atoms with E-state index in [1.807, 2.05) is 13.0 Å². The van der Waals surface area contributed by atoms with Gasteiger partial charge in [0, 0.05) is 18.8 Å². The van der Waals surface area contributed by atoms with Gasteiger partial charge in [-0.15, -0.1) is 0 Å². The molecule has 4 heteroatoms. The molecule has 19 heavy (non-hydrogen) atoms. The topological polar surface area (TPSA) is 25.4 Å². The number of aryl methyl sites for hydroxylation is 1. The van der Waals surface area contributed by atoms with Gasteiger partial charge in [-0.05, 0) is 48.4 Å². The largest absolute Gasteiger partial charge is 0.367 e. The normalized spacial score (nSPS) is 23.6. The Labute approximate surface area is 117 Å². The van der Waals surface area contributed by atoms with Crippen molar-refractivity contribution in [2.75, 3.05) is 18.0 Å². The monoisotopic (exact) mass is 274 g/mol. The molecular weight excluding hydrogens is 256 g/mol. The predicted octanol–water partition coefficient (Wildman–Crippen LogP) is 3.42. The molecule has 0 aromatic carbocycles. The van der Waals surface area contributed by atoms with Crippen LogP contribution >= 0.6 is 11.3 Å². The molecule has 2 aromatic rings. The van der Waals surface area contributed by atoms with Crippen LogP contribution in [0.1, 0.15) is 24.3 Å². The number of thiophene rings is 1. The summed E-state index contributed by atoms with van der Waals surface area (Å²) in [5.74, 6) is 1.05. The minimum Gasteiger partial charge on any atom is -0.367 e. The third-order valence-electron chi connectivity index (χ3n) is 3.37. The molecule has 100 valence electrons. The van der Waals surface area contributed by atoms with Crippen LogP contribution in [-0.4, -0.2) is 24.2 Å².